The number of terminal acetylenes is 1. The Hall–Kier alpha value is -0.520. The van der Waals surface area contributed by atoms with Gasteiger partial charge < -0.3 is 10.1 Å². The topological polar surface area (TPSA) is 21.3 Å². The molecule has 0 spiro atoms. The lowest BCUT2D eigenvalue weighted by Crippen LogP contribution is -2.31. The van der Waals surface area contributed by atoms with E-state index >= 15 is 0 Å². The average Bonchev–Trinajstić information content (AvgIpc) is 2.53. The van der Waals surface area contributed by atoms with Crippen molar-refractivity contribution < 1.29 is 4.74 Å². The second-order valence-corrected chi connectivity index (χ2v) is 3.45. The molecule has 2 heteroatoms. The Kier molecular flexibility index (Phi) is 4.13. The van der Waals surface area contributed by atoms with Crippen LogP contribution in [0.25, 0.3) is 0 Å². The Labute approximate surface area is 74.7 Å². The van der Waals surface area contributed by atoms with Crippen LogP contribution in [-0.2, 0) is 4.74 Å². The van der Waals surface area contributed by atoms with Gasteiger partial charge in [0.05, 0.1) is 6.61 Å². The zero-order chi connectivity index (χ0) is 8.81. The van der Waals surface area contributed by atoms with Crippen LogP contribution in [0.15, 0.2) is 0 Å². The molecule has 12 heavy (non-hydrogen) atoms. The summed E-state index contributed by atoms with van der Waals surface area (Å²) in [7, 11) is 0. The van der Waals surface area contributed by atoms with Crippen LogP contribution in [0.4, 0.5) is 0 Å². The SMILES string of the molecule is C#CCC(C)NCC1CCOC1. The fourth-order valence-electron chi connectivity index (χ4n) is 1.36. The highest BCUT2D eigenvalue weighted by molar-refractivity contribution is 4.88. The Morgan fingerprint density at radius 1 is 1.75 bits per heavy atom. The number of hydrogen-bond donors (Lipinski definition) is 1. The molecule has 0 bridgehead atoms. The second-order valence-electron chi connectivity index (χ2n) is 3.45. The molecule has 2 atom stereocenters. The van der Waals surface area contributed by atoms with Gasteiger partial charge in [0.15, 0.2) is 0 Å². The van der Waals surface area contributed by atoms with Gasteiger partial charge in [0.25, 0.3) is 0 Å². The Balaban J connectivity index is 2.04. The Morgan fingerprint density at radius 2 is 2.58 bits per heavy atom. The lowest BCUT2D eigenvalue weighted by atomic mass is 10.1. The summed E-state index contributed by atoms with van der Waals surface area (Å²) in [5.41, 5.74) is 0. The normalized spacial score (nSPS) is 25.2. The quantitative estimate of drug-likeness (QED) is 0.631. The zero-order valence-corrected chi connectivity index (χ0v) is 7.68. The molecule has 0 aromatic heterocycles. The molecule has 1 fully saturated rings. The van der Waals surface area contributed by atoms with E-state index in [-0.39, 0.29) is 0 Å². The molecule has 0 radical (unpaired) electrons. The van der Waals surface area contributed by atoms with Crippen molar-refractivity contribution in [1.29, 1.82) is 0 Å². The first-order valence-corrected chi connectivity index (χ1v) is 4.57. The number of ether oxygens (including phenoxy) is 1. The van der Waals surface area contributed by atoms with Crippen LogP contribution in [0.1, 0.15) is 19.8 Å². The molecule has 68 valence electrons. The highest BCUT2D eigenvalue weighted by Gasteiger charge is 2.15. The molecule has 1 aliphatic heterocycles. The highest BCUT2D eigenvalue weighted by Crippen LogP contribution is 2.10. The molecule has 1 N–H and O–H groups in total. The highest BCUT2D eigenvalue weighted by atomic mass is 16.5. The summed E-state index contributed by atoms with van der Waals surface area (Å²) in [5.74, 6) is 3.35. The summed E-state index contributed by atoms with van der Waals surface area (Å²) in [6.07, 6.45) is 7.20. The molecule has 2 nitrogen and oxygen atoms in total. The monoisotopic (exact) mass is 167 g/mol. The summed E-state index contributed by atoms with van der Waals surface area (Å²) in [4.78, 5) is 0. The van der Waals surface area contributed by atoms with Crippen molar-refractivity contribution in [1.82, 2.24) is 5.32 Å². The van der Waals surface area contributed by atoms with Crippen LogP contribution >= 0.6 is 0 Å². The van der Waals surface area contributed by atoms with Crippen molar-refractivity contribution in [3.8, 4) is 12.3 Å². The fourth-order valence-corrected chi connectivity index (χ4v) is 1.36. The second kappa shape index (κ2) is 5.18. The minimum atomic E-state index is 0.440. The minimum absolute atomic E-state index is 0.440. The van der Waals surface area contributed by atoms with Gasteiger partial charge in [-0.05, 0) is 19.3 Å². The van der Waals surface area contributed by atoms with Crippen molar-refractivity contribution in [2.45, 2.75) is 25.8 Å². The Bertz CT molecular complexity index is 156. The third kappa shape index (κ3) is 3.25. The molecule has 0 aromatic rings. The van der Waals surface area contributed by atoms with Crippen LogP contribution in [0.2, 0.25) is 0 Å². The van der Waals surface area contributed by atoms with Crippen LogP contribution in [0.3, 0.4) is 0 Å². The van der Waals surface area contributed by atoms with E-state index in [1.807, 2.05) is 0 Å². The van der Waals surface area contributed by atoms with Gasteiger partial charge in [-0.25, -0.2) is 0 Å². The van der Waals surface area contributed by atoms with Gasteiger partial charge in [-0.15, -0.1) is 12.3 Å². The zero-order valence-electron chi connectivity index (χ0n) is 7.68. The third-order valence-corrected chi connectivity index (χ3v) is 2.20. The summed E-state index contributed by atoms with van der Waals surface area (Å²) in [5, 5.41) is 3.40. The van der Waals surface area contributed by atoms with E-state index in [2.05, 4.69) is 18.2 Å². The van der Waals surface area contributed by atoms with Gasteiger partial charge in [-0.1, -0.05) is 0 Å². The summed E-state index contributed by atoms with van der Waals surface area (Å²) in [6.45, 7) is 5.00. The van der Waals surface area contributed by atoms with E-state index in [1.165, 1.54) is 6.42 Å². The molecular weight excluding hydrogens is 150 g/mol. The van der Waals surface area contributed by atoms with Gasteiger partial charge in [0, 0.05) is 25.6 Å². The molecular formula is C10H17NO. The number of nitrogens with one attached hydrogen (secondary N) is 1. The van der Waals surface area contributed by atoms with Crippen molar-refractivity contribution >= 4 is 0 Å². The van der Waals surface area contributed by atoms with Crippen LogP contribution in [-0.4, -0.2) is 25.8 Å². The summed E-state index contributed by atoms with van der Waals surface area (Å²) < 4.78 is 5.27. The molecule has 0 aromatic carbocycles. The van der Waals surface area contributed by atoms with Crippen molar-refractivity contribution in [2.75, 3.05) is 19.8 Å². The van der Waals surface area contributed by atoms with Crippen LogP contribution < -0.4 is 5.32 Å². The average molecular weight is 167 g/mol. The van der Waals surface area contributed by atoms with E-state index in [4.69, 9.17) is 11.2 Å². The van der Waals surface area contributed by atoms with Crippen LogP contribution in [0, 0.1) is 18.3 Å². The third-order valence-electron chi connectivity index (χ3n) is 2.20. The van der Waals surface area contributed by atoms with E-state index in [9.17, 15) is 0 Å². The van der Waals surface area contributed by atoms with E-state index < -0.39 is 0 Å². The fraction of sp³-hybridized carbons (Fsp3) is 0.800. The Morgan fingerprint density at radius 3 is 3.17 bits per heavy atom. The summed E-state index contributed by atoms with van der Waals surface area (Å²) >= 11 is 0. The molecule has 0 aliphatic carbocycles. The first-order chi connectivity index (χ1) is 5.83. The molecule has 1 rings (SSSR count). The molecule has 0 saturated carbocycles. The van der Waals surface area contributed by atoms with Gasteiger partial charge in [0.1, 0.15) is 0 Å². The standard InChI is InChI=1S/C10H17NO/c1-3-4-9(2)11-7-10-5-6-12-8-10/h1,9-11H,4-8H2,2H3. The van der Waals surface area contributed by atoms with Crippen LogP contribution in [0.5, 0.6) is 0 Å². The lowest BCUT2D eigenvalue weighted by molar-refractivity contribution is 0.184. The maximum Gasteiger partial charge on any atom is 0.0507 e. The maximum atomic E-state index is 5.27. The van der Waals surface area contributed by atoms with Gasteiger partial charge in [0.2, 0.25) is 0 Å². The predicted octanol–water partition coefficient (Wildman–Crippen LogP) is 1.02. The smallest absolute Gasteiger partial charge is 0.0507 e. The minimum Gasteiger partial charge on any atom is -0.381 e. The first-order valence-electron chi connectivity index (χ1n) is 4.57. The van der Waals surface area contributed by atoms with E-state index in [0.29, 0.717) is 12.0 Å². The lowest BCUT2D eigenvalue weighted by Gasteiger charge is -2.13. The summed E-state index contributed by atoms with van der Waals surface area (Å²) in [6, 6.07) is 0.440. The van der Waals surface area contributed by atoms with Crippen molar-refractivity contribution in [2.24, 2.45) is 5.92 Å². The van der Waals surface area contributed by atoms with Gasteiger partial charge in [-0.2, -0.15) is 0 Å². The molecule has 2 unspecified atom stereocenters. The maximum absolute atomic E-state index is 5.27. The molecule has 1 aliphatic rings. The van der Waals surface area contributed by atoms with E-state index in [1.54, 1.807) is 0 Å². The van der Waals surface area contributed by atoms with Gasteiger partial charge in [-0.3, -0.25) is 0 Å². The molecule has 1 heterocycles. The largest absolute Gasteiger partial charge is 0.381 e. The van der Waals surface area contributed by atoms with Crippen molar-refractivity contribution in [3.05, 3.63) is 0 Å². The van der Waals surface area contributed by atoms with E-state index in [0.717, 1.165) is 26.2 Å². The van der Waals surface area contributed by atoms with Crippen molar-refractivity contribution in [3.63, 3.8) is 0 Å². The first kappa shape index (κ1) is 9.57. The van der Waals surface area contributed by atoms with Gasteiger partial charge >= 0.3 is 0 Å². The number of rotatable bonds is 4. The predicted molar refractivity (Wildman–Crippen MR) is 49.8 cm³/mol. The number of hydrogen-bond acceptors (Lipinski definition) is 2. The molecule has 0 amide bonds. The molecule has 1 saturated heterocycles.